The van der Waals surface area contributed by atoms with Crippen LogP contribution in [0.25, 0.3) is 0 Å². The summed E-state index contributed by atoms with van der Waals surface area (Å²) in [5.74, 6) is 0.0769. The monoisotopic (exact) mass is 129 g/mol. The van der Waals surface area contributed by atoms with Crippen LogP contribution in [0.4, 0.5) is 0 Å². The number of hydrogen-bond donors (Lipinski definition) is 0. The van der Waals surface area contributed by atoms with Crippen molar-refractivity contribution in [3.8, 4) is 0 Å². The van der Waals surface area contributed by atoms with Crippen LogP contribution < -0.4 is 0 Å². The zero-order valence-electron chi connectivity index (χ0n) is 5.76. The van der Waals surface area contributed by atoms with Crippen LogP contribution in [0.1, 0.15) is 6.92 Å². The van der Waals surface area contributed by atoms with Gasteiger partial charge in [0, 0.05) is 13.6 Å². The summed E-state index contributed by atoms with van der Waals surface area (Å²) in [6, 6.07) is 0. The third-order valence-corrected chi connectivity index (χ3v) is 1.45. The Balaban J connectivity index is 2.44. The molecule has 0 bridgehead atoms. The standard InChI is InChI=1S/C6H11NO2/c1-5-3-7(2)6(8)4-9-5/h5H,3-4H2,1-2H3. The van der Waals surface area contributed by atoms with E-state index in [-0.39, 0.29) is 18.6 Å². The van der Waals surface area contributed by atoms with Crippen molar-refractivity contribution in [3.63, 3.8) is 0 Å². The van der Waals surface area contributed by atoms with Gasteiger partial charge in [0.1, 0.15) is 6.61 Å². The molecule has 1 saturated heterocycles. The molecule has 52 valence electrons. The number of ether oxygens (including phenoxy) is 1. The largest absolute Gasteiger partial charge is 0.367 e. The van der Waals surface area contributed by atoms with E-state index in [2.05, 4.69) is 0 Å². The lowest BCUT2D eigenvalue weighted by atomic mass is 10.3. The number of rotatable bonds is 0. The van der Waals surface area contributed by atoms with Gasteiger partial charge in [0.05, 0.1) is 6.10 Å². The number of carbonyl (C=O) groups excluding carboxylic acids is 1. The van der Waals surface area contributed by atoms with Gasteiger partial charge in [-0.05, 0) is 6.92 Å². The van der Waals surface area contributed by atoms with Crippen molar-refractivity contribution in [2.45, 2.75) is 13.0 Å². The van der Waals surface area contributed by atoms with Crippen molar-refractivity contribution >= 4 is 5.91 Å². The highest BCUT2D eigenvalue weighted by molar-refractivity contribution is 5.77. The van der Waals surface area contributed by atoms with E-state index in [1.54, 1.807) is 11.9 Å². The van der Waals surface area contributed by atoms with Gasteiger partial charge >= 0.3 is 0 Å². The Morgan fingerprint density at radius 3 is 2.89 bits per heavy atom. The summed E-state index contributed by atoms with van der Waals surface area (Å²) >= 11 is 0. The maximum atomic E-state index is 10.7. The Bertz CT molecular complexity index is 124. The molecule has 1 amide bonds. The summed E-state index contributed by atoms with van der Waals surface area (Å²) in [6.07, 6.45) is 0.202. The first-order valence-corrected chi connectivity index (χ1v) is 3.05. The smallest absolute Gasteiger partial charge is 0.248 e. The minimum absolute atomic E-state index is 0.0769. The summed E-state index contributed by atoms with van der Waals surface area (Å²) in [6.45, 7) is 2.93. The lowest BCUT2D eigenvalue weighted by molar-refractivity contribution is -0.145. The third-order valence-electron chi connectivity index (χ3n) is 1.45. The molecule has 9 heavy (non-hydrogen) atoms. The molecule has 1 aliphatic rings. The average molecular weight is 129 g/mol. The van der Waals surface area contributed by atoms with Crippen LogP contribution in [-0.2, 0) is 9.53 Å². The second-order valence-corrected chi connectivity index (χ2v) is 2.40. The zero-order valence-corrected chi connectivity index (χ0v) is 5.76. The van der Waals surface area contributed by atoms with E-state index in [1.165, 1.54) is 0 Å². The fourth-order valence-corrected chi connectivity index (χ4v) is 0.864. The highest BCUT2D eigenvalue weighted by Crippen LogP contribution is 2.01. The van der Waals surface area contributed by atoms with Gasteiger partial charge in [0.15, 0.2) is 0 Å². The Kier molecular flexibility index (Phi) is 1.71. The Morgan fingerprint density at radius 1 is 1.78 bits per heavy atom. The van der Waals surface area contributed by atoms with Gasteiger partial charge in [0.2, 0.25) is 5.91 Å². The van der Waals surface area contributed by atoms with Gasteiger partial charge in [0.25, 0.3) is 0 Å². The van der Waals surface area contributed by atoms with E-state index in [0.29, 0.717) is 0 Å². The Hall–Kier alpha value is -0.570. The maximum Gasteiger partial charge on any atom is 0.248 e. The summed E-state index contributed by atoms with van der Waals surface area (Å²) in [5.41, 5.74) is 0. The quantitative estimate of drug-likeness (QED) is 0.455. The van der Waals surface area contributed by atoms with Crippen LogP contribution in [0, 0.1) is 0 Å². The molecule has 1 fully saturated rings. The zero-order chi connectivity index (χ0) is 6.85. The second kappa shape index (κ2) is 2.35. The number of carbonyl (C=O) groups is 1. The van der Waals surface area contributed by atoms with Crippen molar-refractivity contribution in [1.29, 1.82) is 0 Å². The van der Waals surface area contributed by atoms with E-state index < -0.39 is 0 Å². The molecular formula is C6H11NO2. The molecule has 0 radical (unpaired) electrons. The number of amides is 1. The molecule has 0 N–H and O–H groups in total. The molecule has 1 heterocycles. The fraction of sp³-hybridized carbons (Fsp3) is 0.833. The first-order chi connectivity index (χ1) is 4.20. The number of morpholine rings is 1. The minimum Gasteiger partial charge on any atom is -0.367 e. The Labute approximate surface area is 54.6 Å². The molecule has 1 aliphatic heterocycles. The first-order valence-electron chi connectivity index (χ1n) is 3.05. The van der Waals surface area contributed by atoms with Gasteiger partial charge in [-0.1, -0.05) is 0 Å². The molecule has 0 aromatic carbocycles. The molecule has 3 heteroatoms. The van der Waals surface area contributed by atoms with Crippen molar-refractivity contribution in [2.24, 2.45) is 0 Å². The van der Waals surface area contributed by atoms with Crippen molar-refractivity contribution < 1.29 is 9.53 Å². The molecule has 0 saturated carbocycles. The van der Waals surface area contributed by atoms with Crippen molar-refractivity contribution in [2.75, 3.05) is 20.2 Å². The van der Waals surface area contributed by atoms with Gasteiger partial charge in [-0.25, -0.2) is 0 Å². The van der Waals surface area contributed by atoms with E-state index in [1.807, 2.05) is 6.92 Å². The normalized spacial score (nSPS) is 28.9. The predicted octanol–water partition coefficient (Wildman–Crippen LogP) is -0.137. The highest BCUT2D eigenvalue weighted by Gasteiger charge is 2.19. The molecule has 0 aromatic heterocycles. The highest BCUT2D eigenvalue weighted by atomic mass is 16.5. The molecule has 1 atom stereocenters. The summed E-state index contributed by atoms with van der Waals surface area (Å²) in [7, 11) is 1.79. The SMILES string of the molecule is CC1CN(C)C(=O)CO1. The van der Waals surface area contributed by atoms with E-state index in [9.17, 15) is 4.79 Å². The topological polar surface area (TPSA) is 29.5 Å². The van der Waals surface area contributed by atoms with E-state index in [0.717, 1.165) is 6.54 Å². The van der Waals surface area contributed by atoms with Crippen LogP contribution in [0.3, 0.4) is 0 Å². The Morgan fingerprint density at radius 2 is 2.44 bits per heavy atom. The third kappa shape index (κ3) is 1.42. The molecule has 0 spiro atoms. The van der Waals surface area contributed by atoms with Gasteiger partial charge in [-0.3, -0.25) is 4.79 Å². The minimum atomic E-state index is 0.0769. The molecule has 0 aliphatic carbocycles. The fourth-order valence-electron chi connectivity index (χ4n) is 0.864. The number of nitrogens with zero attached hydrogens (tertiary/aromatic N) is 1. The van der Waals surface area contributed by atoms with Crippen LogP contribution in [0.15, 0.2) is 0 Å². The molecular weight excluding hydrogens is 118 g/mol. The second-order valence-electron chi connectivity index (χ2n) is 2.40. The summed E-state index contributed by atoms with van der Waals surface area (Å²) < 4.78 is 5.07. The number of hydrogen-bond acceptors (Lipinski definition) is 2. The molecule has 1 rings (SSSR count). The number of likely N-dealkylation sites (N-methyl/N-ethyl adjacent to an activating group) is 1. The lowest BCUT2D eigenvalue weighted by Gasteiger charge is -2.27. The molecule has 3 nitrogen and oxygen atoms in total. The van der Waals surface area contributed by atoms with Crippen LogP contribution >= 0.6 is 0 Å². The van der Waals surface area contributed by atoms with E-state index in [4.69, 9.17) is 4.74 Å². The van der Waals surface area contributed by atoms with Crippen LogP contribution in [0.2, 0.25) is 0 Å². The molecule has 1 unspecified atom stereocenters. The van der Waals surface area contributed by atoms with Crippen molar-refractivity contribution in [3.05, 3.63) is 0 Å². The van der Waals surface area contributed by atoms with Gasteiger partial charge in [-0.2, -0.15) is 0 Å². The predicted molar refractivity (Wildman–Crippen MR) is 33.1 cm³/mol. The van der Waals surface area contributed by atoms with Gasteiger partial charge in [-0.15, -0.1) is 0 Å². The van der Waals surface area contributed by atoms with E-state index >= 15 is 0 Å². The van der Waals surface area contributed by atoms with Crippen LogP contribution in [0.5, 0.6) is 0 Å². The van der Waals surface area contributed by atoms with Crippen LogP contribution in [-0.4, -0.2) is 37.1 Å². The summed E-state index contributed by atoms with van der Waals surface area (Å²) in [5, 5.41) is 0. The lowest BCUT2D eigenvalue weighted by Crippen LogP contribution is -2.42. The molecule has 0 aromatic rings. The maximum absolute atomic E-state index is 10.7. The van der Waals surface area contributed by atoms with Gasteiger partial charge < -0.3 is 9.64 Å². The van der Waals surface area contributed by atoms with Crippen molar-refractivity contribution in [1.82, 2.24) is 4.90 Å². The summed E-state index contributed by atoms with van der Waals surface area (Å²) in [4.78, 5) is 12.4. The first kappa shape index (κ1) is 6.55. The average Bonchev–Trinajstić information content (AvgIpc) is 1.80.